The van der Waals surface area contributed by atoms with Crippen molar-refractivity contribution >= 4 is 23.5 Å². The van der Waals surface area contributed by atoms with Gasteiger partial charge in [0.05, 0.1) is 12.8 Å². The van der Waals surface area contributed by atoms with Crippen LogP contribution in [0.4, 0.5) is 5.82 Å². The van der Waals surface area contributed by atoms with Gasteiger partial charge in [-0.2, -0.15) is 0 Å². The number of thioether (sulfide) groups is 1. The minimum atomic E-state index is -0.111. The zero-order valence-corrected chi connectivity index (χ0v) is 14.7. The molecule has 0 aliphatic carbocycles. The molecule has 1 aromatic carbocycles. The van der Waals surface area contributed by atoms with E-state index in [1.54, 1.807) is 26.3 Å². The Balaban J connectivity index is 1.57. The summed E-state index contributed by atoms with van der Waals surface area (Å²) >= 11 is 1.51. The summed E-state index contributed by atoms with van der Waals surface area (Å²) in [7, 11) is 1.64. The van der Waals surface area contributed by atoms with Gasteiger partial charge in [-0.15, -0.1) is 0 Å². The lowest BCUT2D eigenvalue weighted by atomic mass is 10.3. The number of methoxy groups -OCH3 is 1. The molecule has 7 nitrogen and oxygen atoms in total. The smallest absolute Gasteiger partial charge is 0.226 e. The van der Waals surface area contributed by atoms with Crippen molar-refractivity contribution in [2.24, 2.45) is 0 Å². The molecule has 1 amide bonds. The monoisotopic (exact) mass is 358 g/mol. The molecule has 3 rings (SSSR count). The summed E-state index contributed by atoms with van der Waals surface area (Å²) in [6.45, 7) is 1.77. The number of ether oxygens (including phenoxy) is 1. The first-order chi connectivity index (χ1) is 12.2. The van der Waals surface area contributed by atoms with Crippen molar-refractivity contribution in [1.29, 1.82) is 0 Å². The second-order valence-electron chi connectivity index (χ2n) is 5.25. The molecule has 0 unspecified atom stereocenters. The molecule has 0 saturated heterocycles. The number of imidazole rings is 1. The van der Waals surface area contributed by atoms with Crippen LogP contribution in [0.5, 0.6) is 5.75 Å². The molecule has 25 heavy (non-hydrogen) atoms. The van der Waals surface area contributed by atoms with Gasteiger partial charge in [-0.05, 0) is 19.1 Å². The molecule has 3 aromatic rings. The molecule has 2 aromatic heterocycles. The summed E-state index contributed by atoms with van der Waals surface area (Å²) in [5, 5.41) is 7.26. The first kappa shape index (κ1) is 17.1. The van der Waals surface area contributed by atoms with Crippen LogP contribution in [-0.2, 0) is 4.79 Å². The van der Waals surface area contributed by atoms with E-state index in [1.807, 2.05) is 35.0 Å². The van der Waals surface area contributed by atoms with E-state index in [0.29, 0.717) is 23.8 Å². The molecule has 0 fully saturated rings. The summed E-state index contributed by atoms with van der Waals surface area (Å²) < 4.78 is 12.1. The van der Waals surface area contributed by atoms with Crippen LogP contribution in [0, 0.1) is 6.92 Å². The fourth-order valence-electron chi connectivity index (χ4n) is 2.22. The Morgan fingerprint density at radius 2 is 2.28 bits per heavy atom. The van der Waals surface area contributed by atoms with Crippen molar-refractivity contribution in [2.45, 2.75) is 18.5 Å². The third-order valence-electron chi connectivity index (χ3n) is 3.39. The lowest BCUT2D eigenvalue weighted by Crippen LogP contribution is -2.12. The van der Waals surface area contributed by atoms with Gasteiger partial charge in [0.2, 0.25) is 5.91 Å². The standard InChI is InChI=1S/C17H18N4O3S/c1-12-10-15(20-24-12)19-16(22)6-9-25-17-18-7-8-21(17)13-4-3-5-14(11-13)23-2/h3-5,7-8,10-11H,6,9H2,1-2H3,(H,19,20,22). The maximum Gasteiger partial charge on any atom is 0.226 e. The zero-order chi connectivity index (χ0) is 17.6. The molecule has 0 saturated carbocycles. The number of benzene rings is 1. The number of hydrogen-bond acceptors (Lipinski definition) is 6. The zero-order valence-electron chi connectivity index (χ0n) is 13.9. The molecule has 130 valence electrons. The van der Waals surface area contributed by atoms with Crippen molar-refractivity contribution in [3.63, 3.8) is 0 Å². The Kier molecular flexibility index (Phi) is 5.39. The Bertz CT molecular complexity index is 859. The number of amides is 1. The third-order valence-corrected chi connectivity index (χ3v) is 4.36. The van der Waals surface area contributed by atoms with Gasteiger partial charge in [-0.3, -0.25) is 9.36 Å². The minimum absolute atomic E-state index is 0.111. The van der Waals surface area contributed by atoms with Crippen molar-refractivity contribution in [3.8, 4) is 11.4 Å². The highest BCUT2D eigenvalue weighted by Gasteiger charge is 2.10. The molecule has 1 N–H and O–H groups in total. The van der Waals surface area contributed by atoms with Gasteiger partial charge < -0.3 is 14.6 Å². The lowest BCUT2D eigenvalue weighted by molar-refractivity contribution is -0.115. The first-order valence-electron chi connectivity index (χ1n) is 7.69. The molecular formula is C17H18N4O3S. The number of nitrogens with zero attached hydrogens (tertiary/aromatic N) is 3. The molecule has 8 heteroatoms. The largest absolute Gasteiger partial charge is 0.497 e. The fraction of sp³-hybridized carbons (Fsp3) is 0.235. The number of aryl methyl sites for hydroxylation is 1. The summed E-state index contributed by atoms with van der Waals surface area (Å²) in [6.07, 6.45) is 3.97. The predicted octanol–water partition coefficient (Wildman–Crippen LogP) is 3.30. The minimum Gasteiger partial charge on any atom is -0.497 e. The van der Waals surface area contributed by atoms with Crippen LogP contribution < -0.4 is 10.1 Å². The van der Waals surface area contributed by atoms with Crippen LogP contribution in [0.25, 0.3) is 5.69 Å². The molecule has 0 aliphatic heterocycles. The van der Waals surface area contributed by atoms with Crippen LogP contribution >= 0.6 is 11.8 Å². The Morgan fingerprint density at radius 3 is 3.04 bits per heavy atom. The van der Waals surface area contributed by atoms with Gasteiger partial charge in [0.25, 0.3) is 0 Å². The van der Waals surface area contributed by atoms with Crippen LogP contribution in [-0.4, -0.2) is 33.5 Å². The second kappa shape index (κ2) is 7.89. The van der Waals surface area contributed by atoms with E-state index in [0.717, 1.165) is 16.6 Å². The topological polar surface area (TPSA) is 82.2 Å². The van der Waals surface area contributed by atoms with Crippen molar-refractivity contribution in [1.82, 2.24) is 14.7 Å². The summed E-state index contributed by atoms with van der Waals surface area (Å²) in [6, 6.07) is 9.42. The van der Waals surface area contributed by atoms with E-state index in [-0.39, 0.29) is 5.91 Å². The normalized spacial score (nSPS) is 10.6. The number of anilines is 1. The summed E-state index contributed by atoms with van der Waals surface area (Å²) in [4.78, 5) is 16.3. The van der Waals surface area contributed by atoms with E-state index in [1.165, 1.54) is 11.8 Å². The van der Waals surface area contributed by atoms with Crippen molar-refractivity contribution in [3.05, 3.63) is 48.5 Å². The highest BCUT2D eigenvalue weighted by atomic mass is 32.2. The van der Waals surface area contributed by atoms with Crippen molar-refractivity contribution < 1.29 is 14.1 Å². The molecule has 0 radical (unpaired) electrons. The Morgan fingerprint density at radius 1 is 1.40 bits per heavy atom. The number of rotatable bonds is 7. The van der Waals surface area contributed by atoms with E-state index in [2.05, 4.69) is 15.5 Å². The van der Waals surface area contributed by atoms with E-state index in [9.17, 15) is 4.79 Å². The molecular weight excluding hydrogens is 340 g/mol. The van der Waals surface area contributed by atoms with Crippen LogP contribution in [0.2, 0.25) is 0 Å². The highest BCUT2D eigenvalue weighted by Crippen LogP contribution is 2.23. The number of carbonyl (C=O) groups is 1. The fourth-order valence-corrected chi connectivity index (χ4v) is 3.13. The van der Waals surface area contributed by atoms with Gasteiger partial charge in [0, 0.05) is 36.7 Å². The molecule has 0 spiro atoms. The van der Waals surface area contributed by atoms with Gasteiger partial charge in [-0.25, -0.2) is 4.98 Å². The molecule has 0 aliphatic rings. The number of nitrogens with one attached hydrogen (secondary N) is 1. The summed E-state index contributed by atoms with van der Waals surface area (Å²) in [5.41, 5.74) is 0.960. The number of carbonyl (C=O) groups excluding carboxylic acids is 1. The molecule has 0 atom stereocenters. The van der Waals surface area contributed by atoms with Gasteiger partial charge >= 0.3 is 0 Å². The van der Waals surface area contributed by atoms with Gasteiger partial charge in [0.15, 0.2) is 11.0 Å². The maximum absolute atomic E-state index is 11.9. The number of aromatic nitrogens is 3. The van der Waals surface area contributed by atoms with Crippen LogP contribution in [0.15, 0.2) is 52.4 Å². The van der Waals surface area contributed by atoms with E-state index < -0.39 is 0 Å². The van der Waals surface area contributed by atoms with Crippen LogP contribution in [0.1, 0.15) is 12.2 Å². The summed E-state index contributed by atoms with van der Waals surface area (Å²) in [5.74, 6) is 2.36. The SMILES string of the molecule is COc1cccc(-n2ccnc2SCCC(=O)Nc2cc(C)on2)c1. The third kappa shape index (κ3) is 4.42. The average molecular weight is 358 g/mol. The molecule has 2 heterocycles. The maximum atomic E-state index is 11.9. The van der Waals surface area contributed by atoms with Gasteiger partial charge in [0.1, 0.15) is 11.5 Å². The van der Waals surface area contributed by atoms with E-state index >= 15 is 0 Å². The van der Waals surface area contributed by atoms with Gasteiger partial charge in [-0.1, -0.05) is 23.0 Å². The van der Waals surface area contributed by atoms with E-state index in [4.69, 9.17) is 9.26 Å². The quantitative estimate of drug-likeness (QED) is 0.653. The lowest BCUT2D eigenvalue weighted by Gasteiger charge is -2.09. The van der Waals surface area contributed by atoms with Crippen LogP contribution in [0.3, 0.4) is 0 Å². The predicted molar refractivity (Wildman–Crippen MR) is 95.3 cm³/mol. The second-order valence-corrected chi connectivity index (χ2v) is 6.31. The molecule has 0 bridgehead atoms. The van der Waals surface area contributed by atoms with Crippen molar-refractivity contribution in [2.75, 3.05) is 18.2 Å². The average Bonchev–Trinajstić information content (AvgIpc) is 3.24. The number of hydrogen-bond donors (Lipinski definition) is 1. The first-order valence-corrected chi connectivity index (χ1v) is 8.68. The Hall–Kier alpha value is -2.74. The highest BCUT2D eigenvalue weighted by molar-refractivity contribution is 7.99. The Labute approximate surface area is 149 Å².